The van der Waals surface area contributed by atoms with Crippen LogP contribution in [0, 0.1) is 0 Å². The molecule has 2 aromatic rings. The average molecular weight is 259 g/mol. The number of aromatic amines is 1. The first-order valence-electron chi connectivity index (χ1n) is 6.47. The van der Waals surface area contributed by atoms with Crippen LogP contribution in [-0.2, 0) is 11.3 Å². The van der Waals surface area contributed by atoms with Gasteiger partial charge in [0.05, 0.1) is 24.1 Å². The van der Waals surface area contributed by atoms with Gasteiger partial charge in [-0.1, -0.05) is 12.1 Å². The maximum Gasteiger partial charge on any atom is 0.258 e. The molecule has 1 aliphatic heterocycles. The predicted molar refractivity (Wildman–Crippen MR) is 73.0 cm³/mol. The van der Waals surface area contributed by atoms with Crippen LogP contribution in [0.15, 0.2) is 29.1 Å². The van der Waals surface area contributed by atoms with E-state index in [2.05, 4.69) is 22.2 Å². The molecule has 0 spiro atoms. The maximum absolute atomic E-state index is 11.9. The Balaban J connectivity index is 1.83. The van der Waals surface area contributed by atoms with E-state index < -0.39 is 0 Å². The molecule has 0 amide bonds. The molecule has 100 valence electrons. The van der Waals surface area contributed by atoms with Crippen molar-refractivity contribution in [2.75, 3.05) is 13.2 Å². The van der Waals surface area contributed by atoms with Gasteiger partial charge >= 0.3 is 0 Å². The number of para-hydroxylation sites is 1. The van der Waals surface area contributed by atoms with E-state index in [1.165, 1.54) is 0 Å². The number of rotatable bonds is 3. The number of hydrogen-bond acceptors (Lipinski definition) is 4. The number of fused-ring (bicyclic) bond motifs is 1. The van der Waals surface area contributed by atoms with Crippen LogP contribution in [0.25, 0.3) is 10.9 Å². The molecule has 1 aliphatic rings. The quantitative estimate of drug-likeness (QED) is 0.869. The fourth-order valence-corrected chi connectivity index (χ4v) is 2.32. The Hall–Kier alpha value is -1.72. The molecule has 1 atom stereocenters. The normalized spacial score (nSPS) is 23.0. The first kappa shape index (κ1) is 12.3. The van der Waals surface area contributed by atoms with Crippen LogP contribution >= 0.6 is 0 Å². The summed E-state index contributed by atoms with van der Waals surface area (Å²) < 4.78 is 5.39. The van der Waals surface area contributed by atoms with Gasteiger partial charge in [-0.15, -0.1) is 0 Å². The van der Waals surface area contributed by atoms with Crippen LogP contribution < -0.4 is 10.9 Å². The Labute approximate surface area is 111 Å². The topological polar surface area (TPSA) is 67.0 Å². The lowest BCUT2D eigenvalue weighted by Gasteiger charge is -2.23. The van der Waals surface area contributed by atoms with Crippen LogP contribution in [0.5, 0.6) is 0 Å². The van der Waals surface area contributed by atoms with Crippen molar-refractivity contribution in [1.82, 2.24) is 15.3 Å². The van der Waals surface area contributed by atoms with Gasteiger partial charge in [-0.05, 0) is 25.5 Å². The van der Waals surface area contributed by atoms with Gasteiger partial charge in [0, 0.05) is 12.1 Å². The molecule has 0 bridgehead atoms. The minimum Gasteiger partial charge on any atom is -0.379 e. The van der Waals surface area contributed by atoms with E-state index in [4.69, 9.17) is 4.74 Å². The van der Waals surface area contributed by atoms with Crippen LogP contribution in [0.1, 0.15) is 19.2 Å². The smallest absolute Gasteiger partial charge is 0.258 e. The fraction of sp³-hybridized carbons (Fsp3) is 0.429. The summed E-state index contributed by atoms with van der Waals surface area (Å²) in [6.07, 6.45) is 0.977. The van der Waals surface area contributed by atoms with Gasteiger partial charge in [0.15, 0.2) is 0 Å². The molecular formula is C14H17N3O2. The molecule has 1 saturated heterocycles. The van der Waals surface area contributed by atoms with Crippen molar-refractivity contribution in [2.24, 2.45) is 0 Å². The molecule has 1 aromatic carbocycles. The van der Waals surface area contributed by atoms with E-state index in [-0.39, 0.29) is 11.1 Å². The van der Waals surface area contributed by atoms with Crippen LogP contribution in [0.4, 0.5) is 0 Å². The number of ether oxygens (including phenoxy) is 1. The minimum atomic E-state index is -0.0878. The Bertz CT molecular complexity index is 644. The molecule has 1 unspecified atom stereocenters. The number of hydrogen-bond donors (Lipinski definition) is 2. The van der Waals surface area contributed by atoms with Crippen molar-refractivity contribution < 1.29 is 4.74 Å². The Morgan fingerprint density at radius 3 is 3.11 bits per heavy atom. The van der Waals surface area contributed by atoms with Crippen LogP contribution in [0.2, 0.25) is 0 Å². The van der Waals surface area contributed by atoms with Crippen LogP contribution in [-0.4, -0.2) is 28.7 Å². The molecule has 0 radical (unpaired) electrons. The molecule has 5 heteroatoms. The second-order valence-corrected chi connectivity index (χ2v) is 5.25. The predicted octanol–water partition coefficient (Wildman–Crippen LogP) is 1.19. The number of H-pyrrole nitrogens is 1. The van der Waals surface area contributed by atoms with Crippen molar-refractivity contribution in [2.45, 2.75) is 25.4 Å². The van der Waals surface area contributed by atoms with Gasteiger partial charge < -0.3 is 15.0 Å². The highest BCUT2D eigenvalue weighted by Gasteiger charge is 2.28. The molecule has 3 rings (SSSR count). The van der Waals surface area contributed by atoms with E-state index in [1.54, 1.807) is 6.07 Å². The summed E-state index contributed by atoms with van der Waals surface area (Å²) in [6.45, 7) is 4.15. The molecule has 2 heterocycles. The largest absolute Gasteiger partial charge is 0.379 e. The molecule has 0 saturated carbocycles. The molecule has 19 heavy (non-hydrogen) atoms. The zero-order chi connectivity index (χ0) is 13.3. The van der Waals surface area contributed by atoms with Crippen LogP contribution in [0.3, 0.4) is 0 Å². The third kappa shape index (κ3) is 2.52. The lowest BCUT2D eigenvalue weighted by molar-refractivity contribution is 0.171. The molecular weight excluding hydrogens is 242 g/mol. The number of benzene rings is 1. The third-order valence-corrected chi connectivity index (χ3v) is 3.56. The Morgan fingerprint density at radius 2 is 2.32 bits per heavy atom. The summed E-state index contributed by atoms with van der Waals surface area (Å²) in [7, 11) is 0. The molecule has 5 nitrogen and oxygen atoms in total. The first-order chi connectivity index (χ1) is 9.16. The number of aromatic nitrogens is 2. The lowest BCUT2D eigenvalue weighted by Crippen LogP contribution is -2.42. The second-order valence-electron chi connectivity index (χ2n) is 5.25. The zero-order valence-corrected chi connectivity index (χ0v) is 10.9. The van der Waals surface area contributed by atoms with Crippen molar-refractivity contribution >= 4 is 10.9 Å². The summed E-state index contributed by atoms with van der Waals surface area (Å²) in [5, 5.41) is 4.04. The summed E-state index contributed by atoms with van der Waals surface area (Å²) in [5.41, 5.74) is 0.621. The third-order valence-electron chi connectivity index (χ3n) is 3.56. The van der Waals surface area contributed by atoms with E-state index >= 15 is 0 Å². The fourth-order valence-electron chi connectivity index (χ4n) is 2.32. The van der Waals surface area contributed by atoms with Crippen molar-refractivity contribution in [1.29, 1.82) is 0 Å². The SMILES string of the molecule is CC1(NCc2nc3ccccc3c(=O)[nH]2)CCOC1. The van der Waals surface area contributed by atoms with Gasteiger partial charge in [-0.25, -0.2) is 4.98 Å². The standard InChI is InChI=1S/C14H17N3O2/c1-14(6-7-19-9-14)15-8-12-16-11-5-3-2-4-10(11)13(18)17-12/h2-5,15H,6-9H2,1H3,(H,16,17,18). The lowest BCUT2D eigenvalue weighted by atomic mass is 10.0. The highest BCUT2D eigenvalue weighted by molar-refractivity contribution is 5.77. The molecule has 1 fully saturated rings. The van der Waals surface area contributed by atoms with E-state index in [0.29, 0.717) is 24.4 Å². The molecule has 2 N–H and O–H groups in total. The molecule has 1 aromatic heterocycles. The van der Waals surface area contributed by atoms with Gasteiger partial charge in [-0.2, -0.15) is 0 Å². The molecule has 0 aliphatic carbocycles. The second kappa shape index (κ2) is 4.75. The summed E-state index contributed by atoms with van der Waals surface area (Å²) >= 11 is 0. The first-order valence-corrected chi connectivity index (χ1v) is 6.47. The highest BCUT2D eigenvalue weighted by atomic mass is 16.5. The average Bonchev–Trinajstić information content (AvgIpc) is 2.84. The van der Waals surface area contributed by atoms with Crippen molar-refractivity contribution in [3.63, 3.8) is 0 Å². The van der Waals surface area contributed by atoms with E-state index in [9.17, 15) is 4.79 Å². The van der Waals surface area contributed by atoms with Gasteiger partial charge in [0.25, 0.3) is 5.56 Å². The van der Waals surface area contributed by atoms with Gasteiger partial charge in [0.2, 0.25) is 0 Å². The highest BCUT2D eigenvalue weighted by Crippen LogP contribution is 2.17. The summed E-state index contributed by atoms with van der Waals surface area (Å²) in [4.78, 5) is 19.2. The zero-order valence-electron chi connectivity index (χ0n) is 10.9. The van der Waals surface area contributed by atoms with E-state index in [0.717, 1.165) is 18.5 Å². The number of nitrogens with one attached hydrogen (secondary N) is 2. The maximum atomic E-state index is 11.9. The van der Waals surface area contributed by atoms with Gasteiger partial charge in [-0.3, -0.25) is 4.79 Å². The minimum absolute atomic E-state index is 0.0236. The summed E-state index contributed by atoms with van der Waals surface area (Å²) in [6, 6.07) is 7.37. The Morgan fingerprint density at radius 1 is 1.47 bits per heavy atom. The van der Waals surface area contributed by atoms with Gasteiger partial charge in [0.1, 0.15) is 5.82 Å². The van der Waals surface area contributed by atoms with E-state index in [1.807, 2.05) is 18.2 Å². The van der Waals surface area contributed by atoms with Crippen molar-refractivity contribution in [3.05, 3.63) is 40.4 Å². The van der Waals surface area contributed by atoms with Crippen molar-refractivity contribution in [3.8, 4) is 0 Å². The number of nitrogens with zero attached hydrogens (tertiary/aromatic N) is 1. The summed E-state index contributed by atoms with van der Waals surface area (Å²) in [5.74, 6) is 0.664. The monoisotopic (exact) mass is 259 g/mol. The Kier molecular flexibility index (Phi) is 3.08.